The zero-order valence-corrected chi connectivity index (χ0v) is 15.4. The van der Waals surface area contributed by atoms with Crippen molar-refractivity contribution in [3.63, 3.8) is 0 Å². The number of carbonyl (C=O) groups excluding carboxylic acids is 2. The zero-order chi connectivity index (χ0) is 16.1. The van der Waals surface area contributed by atoms with Crippen LogP contribution in [0.1, 0.15) is 17.3 Å². The molecule has 1 heterocycles. The largest absolute Gasteiger partial charge is 0.299 e. The molecule has 22 heavy (non-hydrogen) atoms. The number of nitrogens with zero attached hydrogens (tertiary/aromatic N) is 2. The van der Waals surface area contributed by atoms with E-state index < -0.39 is 5.38 Å². The summed E-state index contributed by atoms with van der Waals surface area (Å²) in [5.74, 6) is -0.0659. The van der Waals surface area contributed by atoms with Gasteiger partial charge in [-0.15, -0.1) is 21.8 Å². The van der Waals surface area contributed by atoms with E-state index in [1.807, 2.05) is 12.1 Å². The number of thioether (sulfide) groups is 1. The monoisotopic (exact) mass is 419 g/mol. The topological polar surface area (TPSA) is 72.0 Å². The van der Waals surface area contributed by atoms with Gasteiger partial charge in [-0.3, -0.25) is 14.9 Å². The first-order valence-corrected chi connectivity index (χ1v) is 9.19. The van der Waals surface area contributed by atoms with Crippen molar-refractivity contribution in [2.24, 2.45) is 0 Å². The average molecular weight is 421 g/mol. The highest BCUT2D eigenvalue weighted by atomic mass is 79.9. The van der Waals surface area contributed by atoms with Crippen LogP contribution in [0.3, 0.4) is 0 Å². The maximum atomic E-state index is 12.0. The van der Waals surface area contributed by atoms with Gasteiger partial charge in [0.05, 0.1) is 5.75 Å². The number of hydrogen-bond acceptors (Lipinski definition) is 6. The Hall–Kier alpha value is -0.960. The van der Waals surface area contributed by atoms with Crippen molar-refractivity contribution in [2.45, 2.75) is 16.6 Å². The molecule has 0 radical (unpaired) electrons. The Labute approximate surface area is 149 Å². The third-order valence-corrected chi connectivity index (χ3v) is 5.19. The molecule has 116 valence electrons. The highest BCUT2D eigenvalue weighted by Gasteiger charge is 2.14. The Bertz CT molecular complexity index is 676. The molecule has 1 aromatic carbocycles. The van der Waals surface area contributed by atoms with Crippen LogP contribution in [0.2, 0.25) is 0 Å². The number of anilines is 1. The number of rotatable bonds is 6. The molecular formula is C13H11BrClN3O2S2. The Morgan fingerprint density at radius 2 is 2.05 bits per heavy atom. The first-order chi connectivity index (χ1) is 10.5. The predicted molar refractivity (Wildman–Crippen MR) is 93.1 cm³/mol. The summed E-state index contributed by atoms with van der Waals surface area (Å²) < 4.78 is 1.54. The lowest BCUT2D eigenvalue weighted by Gasteiger charge is -2.00. The summed E-state index contributed by atoms with van der Waals surface area (Å²) in [6.45, 7) is 1.57. The smallest absolute Gasteiger partial charge is 0.243 e. The van der Waals surface area contributed by atoms with Gasteiger partial charge in [0.2, 0.25) is 11.0 Å². The van der Waals surface area contributed by atoms with E-state index in [0.717, 1.165) is 4.47 Å². The van der Waals surface area contributed by atoms with Crippen LogP contribution in [-0.2, 0) is 4.79 Å². The van der Waals surface area contributed by atoms with Crippen LogP contribution >= 0.6 is 50.6 Å². The van der Waals surface area contributed by atoms with E-state index in [9.17, 15) is 9.59 Å². The minimum Gasteiger partial charge on any atom is -0.299 e. The van der Waals surface area contributed by atoms with Crippen molar-refractivity contribution in [2.75, 3.05) is 11.1 Å². The number of halogens is 2. The maximum absolute atomic E-state index is 12.0. The molecule has 1 aromatic heterocycles. The van der Waals surface area contributed by atoms with Gasteiger partial charge in [-0.05, 0) is 19.1 Å². The SMILES string of the molecule is CC(Cl)C(=O)Nc1nnc(SCC(=O)c2ccc(Br)cc2)s1. The van der Waals surface area contributed by atoms with Gasteiger partial charge >= 0.3 is 0 Å². The van der Waals surface area contributed by atoms with E-state index in [-0.39, 0.29) is 17.4 Å². The lowest BCUT2D eigenvalue weighted by atomic mass is 10.2. The van der Waals surface area contributed by atoms with Crippen molar-refractivity contribution in [3.05, 3.63) is 34.3 Å². The molecule has 0 aliphatic rings. The standard InChI is InChI=1S/C13H11BrClN3O2S2/c1-7(15)11(20)16-12-17-18-13(22-12)21-6-10(19)8-2-4-9(14)5-3-8/h2-5,7H,6H2,1H3,(H,16,17,20). The van der Waals surface area contributed by atoms with Crippen molar-refractivity contribution in [1.29, 1.82) is 0 Å². The molecule has 0 saturated carbocycles. The number of nitrogens with one attached hydrogen (secondary N) is 1. The van der Waals surface area contributed by atoms with Gasteiger partial charge in [0.25, 0.3) is 0 Å². The molecule has 9 heteroatoms. The van der Waals surface area contributed by atoms with Crippen molar-refractivity contribution < 1.29 is 9.59 Å². The molecule has 0 spiro atoms. The molecular weight excluding hydrogens is 410 g/mol. The highest BCUT2D eigenvalue weighted by Crippen LogP contribution is 2.26. The Morgan fingerprint density at radius 3 is 2.68 bits per heavy atom. The summed E-state index contributed by atoms with van der Waals surface area (Å²) in [6, 6.07) is 7.18. The minimum atomic E-state index is -0.640. The summed E-state index contributed by atoms with van der Waals surface area (Å²) in [5.41, 5.74) is 0.643. The number of carbonyl (C=O) groups is 2. The lowest BCUT2D eigenvalue weighted by molar-refractivity contribution is -0.115. The van der Waals surface area contributed by atoms with E-state index in [1.165, 1.54) is 23.1 Å². The summed E-state index contributed by atoms with van der Waals surface area (Å²) >= 11 is 11.5. The number of amides is 1. The molecule has 0 aliphatic carbocycles. The average Bonchev–Trinajstić information content (AvgIpc) is 2.93. The van der Waals surface area contributed by atoms with Crippen LogP contribution in [0.4, 0.5) is 5.13 Å². The van der Waals surface area contributed by atoms with Gasteiger partial charge in [0, 0.05) is 10.0 Å². The first-order valence-electron chi connectivity index (χ1n) is 6.15. The van der Waals surface area contributed by atoms with Crippen LogP contribution in [0.25, 0.3) is 0 Å². The van der Waals surface area contributed by atoms with Crippen molar-refractivity contribution in [3.8, 4) is 0 Å². The molecule has 0 bridgehead atoms. The molecule has 5 nitrogen and oxygen atoms in total. The highest BCUT2D eigenvalue weighted by molar-refractivity contribution is 9.10. The number of alkyl halides is 1. The predicted octanol–water partition coefficient (Wildman–Crippen LogP) is 3.84. The second kappa shape index (κ2) is 8.05. The van der Waals surface area contributed by atoms with Crippen molar-refractivity contribution in [1.82, 2.24) is 10.2 Å². The van der Waals surface area contributed by atoms with Crippen LogP contribution in [0, 0.1) is 0 Å². The van der Waals surface area contributed by atoms with Gasteiger partial charge in [0.1, 0.15) is 5.38 Å². The fourth-order valence-electron chi connectivity index (χ4n) is 1.37. The Morgan fingerprint density at radius 1 is 1.36 bits per heavy atom. The van der Waals surface area contributed by atoms with Crippen LogP contribution < -0.4 is 5.32 Å². The fraction of sp³-hybridized carbons (Fsp3) is 0.231. The van der Waals surface area contributed by atoms with Gasteiger partial charge in [-0.2, -0.15) is 0 Å². The van der Waals surface area contributed by atoms with E-state index >= 15 is 0 Å². The third kappa shape index (κ3) is 5.05. The van der Waals surface area contributed by atoms with Gasteiger partial charge in [0.15, 0.2) is 10.1 Å². The Kier molecular flexibility index (Phi) is 6.37. The van der Waals surface area contributed by atoms with Gasteiger partial charge < -0.3 is 0 Å². The number of ketones is 1. The Balaban J connectivity index is 1.89. The molecule has 2 aromatic rings. The molecule has 1 unspecified atom stereocenters. The quantitative estimate of drug-likeness (QED) is 0.333. The summed E-state index contributed by atoms with van der Waals surface area (Å²) in [5, 5.41) is 10.1. The molecule has 1 amide bonds. The number of Topliss-reactive ketones (excluding diaryl/α,β-unsaturated/α-hetero) is 1. The summed E-state index contributed by atoms with van der Waals surface area (Å²) in [7, 11) is 0. The normalized spacial score (nSPS) is 12.0. The minimum absolute atomic E-state index is 0.00710. The molecule has 1 N–H and O–H groups in total. The zero-order valence-electron chi connectivity index (χ0n) is 11.4. The maximum Gasteiger partial charge on any atom is 0.243 e. The summed E-state index contributed by atoms with van der Waals surface area (Å²) in [4.78, 5) is 23.5. The molecule has 0 saturated heterocycles. The lowest BCUT2D eigenvalue weighted by Crippen LogP contribution is -2.20. The molecule has 0 fully saturated rings. The number of benzene rings is 1. The van der Waals surface area contributed by atoms with Crippen molar-refractivity contribution >= 4 is 67.5 Å². The van der Waals surface area contributed by atoms with E-state index in [1.54, 1.807) is 19.1 Å². The van der Waals surface area contributed by atoms with Crippen LogP contribution in [0.15, 0.2) is 33.1 Å². The first kappa shape index (κ1) is 17.4. The number of aromatic nitrogens is 2. The van der Waals surface area contributed by atoms with E-state index in [2.05, 4.69) is 31.4 Å². The second-order valence-electron chi connectivity index (χ2n) is 4.20. The number of hydrogen-bond donors (Lipinski definition) is 1. The second-order valence-corrected chi connectivity index (χ2v) is 7.97. The van der Waals surface area contributed by atoms with Gasteiger partial charge in [-0.25, -0.2) is 0 Å². The summed E-state index contributed by atoms with van der Waals surface area (Å²) in [6.07, 6.45) is 0. The van der Waals surface area contributed by atoms with Gasteiger partial charge in [-0.1, -0.05) is 51.2 Å². The van der Waals surface area contributed by atoms with E-state index in [4.69, 9.17) is 11.6 Å². The third-order valence-electron chi connectivity index (χ3n) is 2.49. The van der Waals surface area contributed by atoms with Crippen LogP contribution in [0.5, 0.6) is 0 Å². The molecule has 2 rings (SSSR count). The van der Waals surface area contributed by atoms with Crippen LogP contribution in [-0.4, -0.2) is 33.0 Å². The van der Waals surface area contributed by atoms with E-state index in [0.29, 0.717) is 15.0 Å². The molecule has 1 atom stereocenters. The fourth-order valence-corrected chi connectivity index (χ4v) is 3.34. The molecule has 0 aliphatic heterocycles.